The van der Waals surface area contributed by atoms with Gasteiger partial charge in [0, 0.05) is 26.3 Å². The van der Waals surface area contributed by atoms with Crippen molar-refractivity contribution in [3.05, 3.63) is 0 Å². The van der Waals surface area contributed by atoms with Crippen molar-refractivity contribution in [3.8, 4) is 0 Å². The minimum Gasteiger partial charge on any atom is -0.381 e. The number of amides is 1. The highest BCUT2D eigenvalue weighted by molar-refractivity contribution is 7.91. The lowest BCUT2D eigenvalue weighted by Gasteiger charge is -2.39. The molecule has 1 aliphatic rings. The zero-order valence-corrected chi connectivity index (χ0v) is 18.7. The predicted octanol–water partition coefficient (Wildman–Crippen LogP) is 3.47. The summed E-state index contributed by atoms with van der Waals surface area (Å²) in [7, 11) is -3.85. The Bertz CT molecular complexity index is 539. The number of sulfonamides is 1. The summed E-state index contributed by atoms with van der Waals surface area (Å²) in [6.07, 6.45) is 7.51. The monoisotopic (exact) mass is 420 g/mol. The Morgan fingerprint density at radius 1 is 1.07 bits per heavy atom. The number of carbonyl (C=O) groups excluding carboxylic acids is 1. The molecular formula is C20H40N2O5S. The second-order valence-corrected chi connectivity index (χ2v) is 10.1. The largest absolute Gasteiger partial charge is 0.381 e. The van der Waals surface area contributed by atoms with Crippen LogP contribution in [0.2, 0.25) is 0 Å². The van der Waals surface area contributed by atoms with E-state index in [4.69, 9.17) is 4.74 Å². The van der Waals surface area contributed by atoms with Crippen LogP contribution in [-0.2, 0) is 19.6 Å². The Morgan fingerprint density at radius 3 is 2.18 bits per heavy atom. The molecule has 0 spiro atoms. The van der Waals surface area contributed by atoms with E-state index < -0.39 is 20.7 Å². The van der Waals surface area contributed by atoms with Crippen LogP contribution >= 0.6 is 0 Å². The maximum atomic E-state index is 13.4. The maximum absolute atomic E-state index is 13.4. The summed E-state index contributed by atoms with van der Waals surface area (Å²) in [5.74, 6) is -0.352. The van der Waals surface area contributed by atoms with Gasteiger partial charge in [0.1, 0.15) is 0 Å². The van der Waals surface area contributed by atoms with Gasteiger partial charge in [-0.1, -0.05) is 46.5 Å². The minimum absolute atomic E-state index is 0.209. The summed E-state index contributed by atoms with van der Waals surface area (Å²) >= 11 is 0. The highest BCUT2D eigenvalue weighted by atomic mass is 32.2. The average molecular weight is 421 g/mol. The van der Waals surface area contributed by atoms with Crippen molar-refractivity contribution in [2.24, 2.45) is 5.92 Å². The van der Waals surface area contributed by atoms with Crippen LogP contribution in [0.25, 0.3) is 0 Å². The first-order chi connectivity index (χ1) is 13.4. The van der Waals surface area contributed by atoms with Crippen LogP contribution in [-0.4, -0.2) is 54.9 Å². The molecule has 1 saturated heterocycles. The van der Waals surface area contributed by atoms with Crippen molar-refractivity contribution in [2.45, 2.75) is 89.7 Å². The number of hydrogen-bond acceptors (Lipinski definition) is 5. The number of hydroxylamine groups is 1. The van der Waals surface area contributed by atoms with Crippen molar-refractivity contribution >= 4 is 15.9 Å². The Morgan fingerprint density at radius 2 is 1.68 bits per heavy atom. The molecule has 2 N–H and O–H groups in total. The summed E-state index contributed by atoms with van der Waals surface area (Å²) in [5.41, 5.74) is 1.62. The van der Waals surface area contributed by atoms with Gasteiger partial charge >= 0.3 is 0 Å². The van der Waals surface area contributed by atoms with Gasteiger partial charge in [0.25, 0.3) is 5.91 Å². The zero-order valence-electron chi connectivity index (χ0n) is 17.9. The molecule has 1 rings (SSSR count). The third-order valence-corrected chi connectivity index (χ3v) is 8.42. The van der Waals surface area contributed by atoms with Crippen LogP contribution in [0.3, 0.4) is 0 Å². The van der Waals surface area contributed by atoms with Crippen LogP contribution in [0, 0.1) is 5.92 Å². The number of ether oxygens (including phenoxy) is 1. The smallest absolute Gasteiger partial charge is 0.266 e. The number of nitrogens with one attached hydrogen (secondary N) is 1. The molecule has 0 aromatic heterocycles. The number of piperidine rings is 1. The highest BCUT2D eigenvalue weighted by Crippen LogP contribution is 2.35. The van der Waals surface area contributed by atoms with Gasteiger partial charge in [0.2, 0.25) is 10.0 Å². The molecule has 0 saturated carbocycles. The Balaban J connectivity index is 2.68. The fourth-order valence-corrected chi connectivity index (χ4v) is 6.52. The number of carbonyl (C=O) groups is 1. The van der Waals surface area contributed by atoms with E-state index in [0.29, 0.717) is 31.8 Å². The van der Waals surface area contributed by atoms with Crippen molar-refractivity contribution in [1.82, 2.24) is 9.79 Å². The van der Waals surface area contributed by atoms with Gasteiger partial charge < -0.3 is 4.74 Å². The van der Waals surface area contributed by atoms with E-state index in [0.717, 1.165) is 38.9 Å². The quantitative estimate of drug-likeness (QED) is 0.255. The second kappa shape index (κ2) is 12.8. The number of hydrogen-bond donors (Lipinski definition) is 2. The standard InChI is InChI=1S/C20H40N2O5S/c1-4-7-8-16-27-17-11-18-9-14-22(15-10-18)28(25,26)20(12-5-2,13-6-3)19(23)21-24/h18,24H,4-17H2,1-3H3,(H,21,23). The van der Waals surface area contributed by atoms with E-state index in [1.54, 1.807) is 5.48 Å². The molecule has 1 fully saturated rings. The van der Waals surface area contributed by atoms with E-state index in [2.05, 4.69) is 6.92 Å². The summed E-state index contributed by atoms with van der Waals surface area (Å²) in [4.78, 5) is 12.4. The summed E-state index contributed by atoms with van der Waals surface area (Å²) in [6.45, 7) is 8.27. The molecule has 0 aromatic carbocycles. The Hall–Kier alpha value is -0.700. The van der Waals surface area contributed by atoms with E-state index in [1.165, 1.54) is 17.1 Å². The molecule has 0 bridgehead atoms. The lowest BCUT2D eigenvalue weighted by Crippen LogP contribution is -2.58. The van der Waals surface area contributed by atoms with Gasteiger partial charge in [-0.2, -0.15) is 0 Å². The first-order valence-corrected chi connectivity index (χ1v) is 12.4. The van der Waals surface area contributed by atoms with Crippen molar-refractivity contribution in [1.29, 1.82) is 0 Å². The van der Waals surface area contributed by atoms with Crippen LogP contribution in [0.5, 0.6) is 0 Å². The van der Waals surface area contributed by atoms with Gasteiger partial charge in [-0.25, -0.2) is 18.2 Å². The molecule has 1 heterocycles. The minimum atomic E-state index is -3.85. The first kappa shape index (κ1) is 25.3. The maximum Gasteiger partial charge on any atom is 0.266 e. The van der Waals surface area contributed by atoms with Crippen LogP contribution < -0.4 is 5.48 Å². The SMILES string of the molecule is CCCCCOCCC1CCN(S(=O)(=O)C(CCC)(CCC)C(=O)NO)CC1. The molecule has 8 heteroatoms. The molecule has 28 heavy (non-hydrogen) atoms. The Kier molecular flexibility index (Phi) is 11.6. The second-order valence-electron chi connectivity index (χ2n) is 7.89. The fraction of sp³-hybridized carbons (Fsp3) is 0.950. The lowest BCUT2D eigenvalue weighted by atomic mass is 9.95. The van der Waals surface area contributed by atoms with Crippen LogP contribution in [0.4, 0.5) is 0 Å². The topological polar surface area (TPSA) is 95.9 Å². The summed E-state index contributed by atoms with van der Waals surface area (Å²) in [5, 5.41) is 9.21. The van der Waals surface area contributed by atoms with Crippen molar-refractivity contribution < 1.29 is 23.2 Å². The van der Waals surface area contributed by atoms with Crippen LogP contribution in [0.15, 0.2) is 0 Å². The number of rotatable bonds is 14. The van der Waals surface area contributed by atoms with Crippen molar-refractivity contribution in [3.63, 3.8) is 0 Å². The first-order valence-electron chi connectivity index (χ1n) is 10.9. The third kappa shape index (κ3) is 6.40. The normalized spacial score (nSPS) is 17.0. The van der Waals surface area contributed by atoms with E-state index in [1.807, 2.05) is 13.8 Å². The van der Waals surface area contributed by atoms with Gasteiger partial charge in [-0.05, 0) is 44.4 Å². The van der Waals surface area contributed by atoms with E-state index in [-0.39, 0.29) is 12.8 Å². The molecule has 0 aromatic rings. The predicted molar refractivity (Wildman–Crippen MR) is 111 cm³/mol. The lowest BCUT2D eigenvalue weighted by molar-refractivity contribution is -0.132. The third-order valence-electron chi connectivity index (χ3n) is 5.79. The average Bonchev–Trinajstić information content (AvgIpc) is 2.70. The molecule has 1 amide bonds. The summed E-state index contributed by atoms with van der Waals surface area (Å²) < 4.78 is 32.3. The molecular weight excluding hydrogens is 380 g/mol. The molecule has 0 aliphatic carbocycles. The zero-order chi connectivity index (χ0) is 21.0. The molecule has 0 atom stereocenters. The molecule has 7 nitrogen and oxygen atoms in total. The van der Waals surface area contributed by atoms with Crippen molar-refractivity contribution in [2.75, 3.05) is 26.3 Å². The van der Waals surface area contributed by atoms with Gasteiger partial charge in [-0.3, -0.25) is 10.0 Å². The summed E-state index contributed by atoms with van der Waals surface area (Å²) in [6, 6.07) is 0. The van der Waals surface area contributed by atoms with E-state index in [9.17, 15) is 18.4 Å². The van der Waals surface area contributed by atoms with Gasteiger partial charge in [0.15, 0.2) is 4.75 Å². The molecule has 0 unspecified atom stereocenters. The van der Waals surface area contributed by atoms with Crippen LogP contribution in [0.1, 0.15) is 85.0 Å². The molecule has 0 radical (unpaired) electrons. The van der Waals surface area contributed by atoms with E-state index >= 15 is 0 Å². The Labute approximate surface area is 171 Å². The molecule has 166 valence electrons. The number of nitrogens with zero attached hydrogens (tertiary/aromatic N) is 1. The number of unbranched alkanes of at least 4 members (excludes halogenated alkanes) is 2. The molecule has 1 aliphatic heterocycles. The van der Waals surface area contributed by atoms with Gasteiger partial charge in [-0.15, -0.1) is 0 Å². The fourth-order valence-electron chi connectivity index (χ4n) is 4.13. The van der Waals surface area contributed by atoms with Gasteiger partial charge in [0.05, 0.1) is 0 Å². The highest BCUT2D eigenvalue weighted by Gasteiger charge is 2.52.